The molecule has 0 aromatic heterocycles. The van der Waals surface area contributed by atoms with Crippen molar-refractivity contribution in [1.29, 1.82) is 0 Å². The van der Waals surface area contributed by atoms with Gasteiger partial charge in [-0.25, -0.2) is 0 Å². The predicted octanol–water partition coefficient (Wildman–Crippen LogP) is 5.54. The fourth-order valence-electron chi connectivity index (χ4n) is 5.09. The summed E-state index contributed by atoms with van der Waals surface area (Å²) in [5, 5.41) is 13.7. The summed E-state index contributed by atoms with van der Waals surface area (Å²) < 4.78 is 0. The molecule has 0 heterocycles. The Balaban J connectivity index is 1.63. The zero-order chi connectivity index (χ0) is 21.0. The average Bonchev–Trinajstić information content (AvgIpc) is 2.75. The molecule has 1 amide bonds. The predicted molar refractivity (Wildman–Crippen MR) is 116 cm³/mol. The second-order valence-corrected chi connectivity index (χ2v) is 8.54. The number of carbonyl (C=O) groups excluding carboxylic acids is 1. The molecule has 4 nitrogen and oxygen atoms in total. The van der Waals surface area contributed by atoms with Crippen molar-refractivity contribution in [2.75, 3.05) is 5.32 Å². The molecule has 2 atom stereocenters. The maximum absolute atomic E-state index is 13.4. The Morgan fingerprint density at radius 3 is 1.70 bits per heavy atom. The summed E-state index contributed by atoms with van der Waals surface area (Å²) in [6.07, 6.45) is 0. The van der Waals surface area contributed by atoms with Crippen molar-refractivity contribution in [1.82, 2.24) is 0 Å². The number of carboxylic acids is 1. The fourth-order valence-corrected chi connectivity index (χ4v) is 5.39. The van der Waals surface area contributed by atoms with Gasteiger partial charge in [-0.15, -0.1) is 0 Å². The van der Waals surface area contributed by atoms with E-state index in [2.05, 4.69) is 5.32 Å². The molecule has 30 heavy (non-hydrogen) atoms. The van der Waals surface area contributed by atoms with Gasteiger partial charge < -0.3 is 10.4 Å². The van der Waals surface area contributed by atoms with Crippen LogP contribution in [-0.4, -0.2) is 17.0 Å². The van der Waals surface area contributed by atoms with E-state index in [4.69, 9.17) is 23.2 Å². The third-order valence-electron chi connectivity index (χ3n) is 6.21. The topological polar surface area (TPSA) is 66.4 Å². The lowest BCUT2D eigenvalue weighted by Gasteiger charge is -2.48. The highest BCUT2D eigenvalue weighted by molar-refractivity contribution is 6.42. The zero-order valence-corrected chi connectivity index (χ0v) is 17.2. The minimum Gasteiger partial charge on any atom is -0.481 e. The van der Waals surface area contributed by atoms with E-state index < -0.39 is 17.8 Å². The Morgan fingerprint density at radius 2 is 1.23 bits per heavy atom. The second-order valence-electron chi connectivity index (χ2n) is 7.72. The van der Waals surface area contributed by atoms with E-state index in [1.54, 1.807) is 18.2 Å². The van der Waals surface area contributed by atoms with Gasteiger partial charge in [0.1, 0.15) is 0 Å². The number of hydrogen-bond donors (Lipinski definition) is 2. The minimum absolute atomic E-state index is 0.324. The van der Waals surface area contributed by atoms with Crippen molar-refractivity contribution in [3.05, 3.63) is 99.0 Å². The minimum atomic E-state index is -0.969. The Morgan fingerprint density at radius 1 is 0.733 bits per heavy atom. The summed E-state index contributed by atoms with van der Waals surface area (Å²) in [4.78, 5) is 25.8. The zero-order valence-electron chi connectivity index (χ0n) is 15.7. The number of fused-ring (bicyclic) bond motifs is 1. The van der Waals surface area contributed by atoms with Crippen molar-refractivity contribution in [3.63, 3.8) is 0 Å². The molecule has 6 heteroatoms. The molecule has 2 N–H and O–H groups in total. The van der Waals surface area contributed by atoms with Crippen LogP contribution in [0.15, 0.2) is 66.7 Å². The highest BCUT2D eigenvalue weighted by Gasteiger charge is 2.55. The van der Waals surface area contributed by atoms with Crippen molar-refractivity contribution in [3.8, 4) is 0 Å². The standard InChI is InChI=1S/C24H17Cl2NO3/c25-17-10-9-12(11-18(17)26)27-23(28)21-19-13-5-1-3-7-15(13)20(22(21)24(29)30)16-8-4-2-6-14(16)19/h1-11,19-22H,(H,27,28)(H,29,30)/t19?,20?,21-,22-/m0/s1. The quantitative estimate of drug-likeness (QED) is 0.564. The van der Waals surface area contributed by atoms with Gasteiger partial charge in [0.25, 0.3) is 0 Å². The summed E-state index contributed by atoms with van der Waals surface area (Å²) in [5.74, 6) is -3.60. The van der Waals surface area contributed by atoms with E-state index in [1.807, 2.05) is 48.5 Å². The highest BCUT2D eigenvalue weighted by atomic mass is 35.5. The molecule has 6 rings (SSSR count). The summed E-state index contributed by atoms with van der Waals surface area (Å²) >= 11 is 12.1. The van der Waals surface area contributed by atoms with Crippen molar-refractivity contribution >= 4 is 40.8 Å². The molecule has 0 fully saturated rings. The lowest BCUT2D eigenvalue weighted by molar-refractivity contribution is -0.148. The smallest absolute Gasteiger partial charge is 0.308 e. The lowest BCUT2D eigenvalue weighted by Crippen LogP contribution is -2.48. The third kappa shape index (κ3) is 2.83. The van der Waals surface area contributed by atoms with Crippen molar-refractivity contribution in [2.45, 2.75) is 11.8 Å². The van der Waals surface area contributed by atoms with Crippen LogP contribution in [-0.2, 0) is 9.59 Å². The van der Waals surface area contributed by atoms with Crippen LogP contribution >= 0.6 is 23.2 Å². The Bertz CT molecular complexity index is 1150. The van der Waals surface area contributed by atoms with Crippen LogP contribution in [0.5, 0.6) is 0 Å². The Hall–Kier alpha value is -2.82. The first-order chi connectivity index (χ1) is 14.5. The van der Waals surface area contributed by atoms with Crippen molar-refractivity contribution in [2.24, 2.45) is 11.8 Å². The van der Waals surface area contributed by atoms with Crippen LogP contribution in [0.3, 0.4) is 0 Å². The van der Waals surface area contributed by atoms with E-state index in [1.165, 1.54) is 0 Å². The fraction of sp³-hybridized carbons (Fsp3) is 0.167. The number of rotatable bonds is 3. The molecule has 0 radical (unpaired) electrons. The van der Waals surface area contributed by atoms with Crippen LogP contribution in [0.4, 0.5) is 5.69 Å². The number of amides is 1. The van der Waals surface area contributed by atoms with Crippen molar-refractivity contribution < 1.29 is 14.7 Å². The number of hydrogen-bond acceptors (Lipinski definition) is 2. The molecule has 3 aromatic carbocycles. The van der Waals surface area contributed by atoms with Crippen LogP contribution in [0.2, 0.25) is 10.0 Å². The SMILES string of the molecule is O=C(O)[C@H]1C2c3ccccc3C(c3ccccc32)[C@@H]1C(=O)Nc1ccc(Cl)c(Cl)c1. The number of anilines is 1. The van der Waals surface area contributed by atoms with E-state index >= 15 is 0 Å². The van der Waals surface area contributed by atoms with Crippen LogP contribution in [0, 0.1) is 11.8 Å². The maximum atomic E-state index is 13.4. The summed E-state index contributed by atoms with van der Waals surface area (Å²) in [6, 6.07) is 20.5. The second kappa shape index (κ2) is 7.15. The number of nitrogens with one attached hydrogen (secondary N) is 1. The first-order valence-electron chi connectivity index (χ1n) is 9.63. The van der Waals surface area contributed by atoms with Crippen LogP contribution in [0.25, 0.3) is 0 Å². The first-order valence-corrected chi connectivity index (χ1v) is 10.4. The summed E-state index contributed by atoms with van der Waals surface area (Å²) in [6.45, 7) is 0. The van der Waals surface area contributed by atoms with Gasteiger partial charge in [-0.05, 0) is 40.5 Å². The molecule has 150 valence electrons. The van der Waals surface area contributed by atoms with Gasteiger partial charge in [-0.1, -0.05) is 71.7 Å². The van der Waals surface area contributed by atoms with Crippen LogP contribution < -0.4 is 5.32 Å². The number of carbonyl (C=O) groups is 2. The molecule has 0 saturated heterocycles. The lowest BCUT2D eigenvalue weighted by atomic mass is 9.54. The first kappa shape index (κ1) is 19.2. The molecule has 3 aliphatic carbocycles. The van der Waals surface area contributed by atoms with Gasteiger partial charge in [0, 0.05) is 17.5 Å². The third-order valence-corrected chi connectivity index (χ3v) is 6.95. The number of aliphatic carboxylic acids is 1. The highest BCUT2D eigenvalue weighted by Crippen LogP contribution is 2.58. The molecule has 2 bridgehead atoms. The number of benzene rings is 3. The largest absolute Gasteiger partial charge is 0.481 e. The molecule has 0 saturated carbocycles. The van der Waals surface area contributed by atoms with Crippen LogP contribution in [0.1, 0.15) is 34.1 Å². The molecular formula is C24H17Cl2NO3. The van der Waals surface area contributed by atoms with Gasteiger partial charge in [0.15, 0.2) is 0 Å². The average molecular weight is 438 g/mol. The van der Waals surface area contributed by atoms with Gasteiger partial charge in [0.2, 0.25) is 5.91 Å². The monoisotopic (exact) mass is 437 g/mol. The van der Waals surface area contributed by atoms with Gasteiger partial charge in [-0.3, -0.25) is 9.59 Å². The molecule has 0 spiro atoms. The molecule has 0 unspecified atom stereocenters. The molecular weight excluding hydrogens is 421 g/mol. The van der Waals surface area contributed by atoms with Gasteiger partial charge in [-0.2, -0.15) is 0 Å². The van der Waals surface area contributed by atoms with E-state index in [0.29, 0.717) is 15.7 Å². The summed E-state index contributed by atoms with van der Waals surface area (Å²) in [7, 11) is 0. The van der Waals surface area contributed by atoms with Gasteiger partial charge >= 0.3 is 5.97 Å². The Kier molecular flexibility index (Phi) is 4.57. The van der Waals surface area contributed by atoms with E-state index in [-0.39, 0.29) is 17.7 Å². The van der Waals surface area contributed by atoms with E-state index in [0.717, 1.165) is 22.3 Å². The Labute approximate surface area is 183 Å². The number of halogens is 2. The normalized spacial score (nSPS) is 23.4. The number of carboxylic acid groups (broad SMARTS) is 1. The maximum Gasteiger partial charge on any atom is 0.308 e. The molecule has 0 aliphatic heterocycles. The summed E-state index contributed by atoms with van der Waals surface area (Å²) in [5.41, 5.74) is 4.52. The van der Waals surface area contributed by atoms with Gasteiger partial charge in [0.05, 0.1) is 21.9 Å². The van der Waals surface area contributed by atoms with E-state index in [9.17, 15) is 14.7 Å². The molecule has 3 aliphatic rings. The molecule has 3 aromatic rings.